The molecule has 22 heteroatoms. The number of hydrogen-bond acceptors (Lipinski definition) is 15. The number of benzene rings is 3. The van der Waals surface area contributed by atoms with Crippen molar-refractivity contribution in [1.82, 2.24) is 0 Å². The molecule has 0 aromatic heterocycles. The number of nitrogens with one attached hydrogen (secondary N) is 1. The third-order valence-electron chi connectivity index (χ3n) is 10.8. The summed E-state index contributed by atoms with van der Waals surface area (Å²) in [5.41, 5.74) is 9.20. The van der Waals surface area contributed by atoms with E-state index in [1.165, 1.54) is 24.3 Å². The van der Waals surface area contributed by atoms with E-state index in [1.54, 1.807) is 77.9 Å². The van der Waals surface area contributed by atoms with Gasteiger partial charge in [0.2, 0.25) is 17.7 Å². The second kappa shape index (κ2) is 30.6. The van der Waals surface area contributed by atoms with Crippen molar-refractivity contribution in [3.63, 3.8) is 0 Å². The predicted molar refractivity (Wildman–Crippen MR) is 265 cm³/mol. The van der Waals surface area contributed by atoms with Crippen molar-refractivity contribution in [2.75, 3.05) is 127 Å². The average molecular weight is 1050 g/mol. The van der Waals surface area contributed by atoms with Crippen LogP contribution in [0.5, 0.6) is 0 Å². The molecule has 0 radical (unpaired) electrons. The number of nitrogens with two attached hydrogens (primary N) is 1. The molecule has 0 aliphatic carbocycles. The Labute approximate surface area is 437 Å². The number of nitrogen functional groups attached to an aromatic ring is 1. The fourth-order valence-corrected chi connectivity index (χ4v) is 7.23. The largest absolute Gasteiger partial charge is 1.00 e. The summed E-state index contributed by atoms with van der Waals surface area (Å²) < 4.78 is 30.5. The van der Waals surface area contributed by atoms with Gasteiger partial charge >= 0.3 is 29.6 Å². The van der Waals surface area contributed by atoms with Gasteiger partial charge in [-0.15, -0.1) is 0 Å². The summed E-state index contributed by atoms with van der Waals surface area (Å²) in [7, 11) is 4.90. The number of halogens is 1. The number of nitro benzene ring substituents is 2. The first-order chi connectivity index (χ1) is 32.1. The van der Waals surface area contributed by atoms with Gasteiger partial charge in [0.15, 0.2) is 0 Å². The topological polar surface area (TPSA) is 258 Å². The Morgan fingerprint density at radius 2 is 1.03 bits per heavy atom. The van der Waals surface area contributed by atoms with Gasteiger partial charge in [0.05, 0.1) is 85.6 Å². The number of hydrogen-bond donors (Lipinski definition) is 3. The van der Waals surface area contributed by atoms with Crippen LogP contribution in [-0.2, 0) is 59.0 Å². The minimum absolute atomic E-state index is 0. The van der Waals surface area contributed by atoms with Gasteiger partial charge in [-0.3, -0.25) is 34.6 Å². The van der Waals surface area contributed by atoms with Crippen LogP contribution in [0.3, 0.4) is 0 Å². The molecule has 380 valence electrons. The monoisotopic (exact) mass is 1040 g/mol. The van der Waals surface area contributed by atoms with Crippen LogP contribution in [0.2, 0.25) is 0 Å². The number of methoxy groups -OCH3 is 3. The smallest absolute Gasteiger partial charge is 1.00 e. The fourth-order valence-electron chi connectivity index (χ4n) is 7.00. The van der Waals surface area contributed by atoms with E-state index in [-0.39, 0.29) is 66.7 Å². The SMILES string of the molecule is CC1(C)C(=O)Nc2ccc([N+](=O)[O-])cc21.CCO.COCCOCCBr.COCCOCCN1C(=O)C(C)(C)c2cc(N)ccc21.COCCOCCN1C(=O)C(C)(C)c2cc([N+](=O)[O-])ccc21.[H-].[Na+]. The summed E-state index contributed by atoms with van der Waals surface area (Å²) in [5, 5.41) is 32.7. The number of ether oxygens (including phenoxy) is 6. The van der Waals surface area contributed by atoms with Crippen LogP contribution >= 0.6 is 15.9 Å². The number of nitro groups is 2. The van der Waals surface area contributed by atoms with E-state index < -0.39 is 26.1 Å². The van der Waals surface area contributed by atoms with Crippen LogP contribution in [-0.4, -0.2) is 138 Å². The maximum Gasteiger partial charge on any atom is 1.00 e. The molecule has 3 aliphatic heterocycles. The van der Waals surface area contributed by atoms with Gasteiger partial charge in [-0.2, -0.15) is 0 Å². The normalized spacial score (nSPS) is 15.0. The molecule has 3 amide bonds. The molecule has 4 N–H and O–H groups in total. The van der Waals surface area contributed by atoms with Gasteiger partial charge in [-0.1, -0.05) is 15.9 Å². The first-order valence-electron chi connectivity index (χ1n) is 21.9. The van der Waals surface area contributed by atoms with E-state index in [9.17, 15) is 34.6 Å². The van der Waals surface area contributed by atoms with Gasteiger partial charge < -0.3 is 55.8 Å². The molecule has 69 heavy (non-hydrogen) atoms. The quantitative estimate of drug-likeness (QED) is 0.0388. The van der Waals surface area contributed by atoms with Crippen LogP contribution in [0, 0.1) is 20.2 Å². The first kappa shape index (κ1) is 62.9. The third kappa shape index (κ3) is 17.6. The number of carbonyl (C=O) groups excluding carboxylic acids is 3. The third-order valence-corrected chi connectivity index (χ3v) is 11.2. The Kier molecular flexibility index (Phi) is 27.9. The Morgan fingerprint density at radius 1 is 0.638 bits per heavy atom. The van der Waals surface area contributed by atoms with Crippen LogP contribution < -0.4 is 50.4 Å². The van der Waals surface area contributed by atoms with E-state index in [4.69, 9.17) is 39.3 Å². The molecule has 3 aliphatic rings. The van der Waals surface area contributed by atoms with E-state index in [0.717, 1.165) is 28.9 Å². The molecule has 3 aromatic rings. The van der Waals surface area contributed by atoms with Crippen LogP contribution in [0.4, 0.5) is 34.1 Å². The Hall–Kier alpha value is -4.13. The number of rotatable bonds is 19. The Morgan fingerprint density at radius 3 is 1.45 bits per heavy atom. The average Bonchev–Trinajstić information content (AvgIpc) is 3.73. The molecule has 0 unspecified atom stereocenters. The maximum atomic E-state index is 12.6. The fraction of sp³-hybridized carbons (Fsp3) is 0.553. The van der Waals surface area contributed by atoms with Gasteiger partial charge in [-0.05, 0) is 95.5 Å². The number of carbonyl (C=O) groups is 3. The zero-order valence-electron chi connectivity index (χ0n) is 42.9. The number of aliphatic hydroxyl groups is 1. The van der Waals surface area contributed by atoms with Crippen molar-refractivity contribution in [3.05, 3.63) is 91.5 Å². The van der Waals surface area contributed by atoms with Crippen molar-refractivity contribution in [3.8, 4) is 0 Å². The molecule has 0 saturated carbocycles. The minimum Gasteiger partial charge on any atom is -1.00 e. The van der Waals surface area contributed by atoms with Crippen molar-refractivity contribution in [2.45, 2.75) is 64.7 Å². The van der Waals surface area contributed by atoms with E-state index in [0.29, 0.717) is 88.4 Å². The van der Waals surface area contributed by atoms with E-state index in [1.807, 2.05) is 32.0 Å². The standard InChI is InChI=1S/C15H20N2O5.C15H22N2O3.C10H10N2O3.C5H11BrO2.C2H6O.Na.H/c1-15(2)12-10-11(17(19)20)4-5-13(12)16(14(15)18)6-7-22-9-8-21-3;1-15(2)12-10-11(16)4-5-13(12)17(14(15)18)6-7-20-9-8-19-3;1-10(2)7-5-6(12(14)15)3-4-8(7)11-9(10)13;1-7-4-5-8-3-2-6;1-2-3;;/h4-5,10H,6-9H2,1-3H3;4-5,10H,6-9,16H2,1-3H3;3-5H,1-2H3,(H,11,13);2-5H2,1H3;3H,2H2,1H3;;/q;;;;;+1;-1. The summed E-state index contributed by atoms with van der Waals surface area (Å²) in [6.45, 7) is 18.9. The second-order valence-electron chi connectivity index (χ2n) is 16.8. The van der Waals surface area contributed by atoms with Gasteiger partial charge in [0, 0.05) is 93.4 Å². The molecule has 0 atom stereocenters. The molecular weight excluding hydrogens is 975 g/mol. The van der Waals surface area contributed by atoms with Crippen molar-refractivity contribution in [1.29, 1.82) is 0 Å². The van der Waals surface area contributed by atoms with Gasteiger partial charge in [-0.25, -0.2) is 0 Å². The molecule has 6 rings (SSSR count). The molecule has 0 bridgehead atoms. The molecule has 0 spiro atoms. The Balaban J connectivity index is 0.000000920. The first-order valence-corrected chi connectivity index (χ1v) is 23.1. The predicted octanol–water partition coefficient (Wildman–Crippen LogP) is 3.42. The van der Waals surface area contributed by atoms with Crippen LogP contribution in [0.25, 0.3) is 0 Å². The number of non-ortho nitro benzene ring substituents is 2. The number of alkyl halides is 1. The van der Waals surface area contributed by atoms with Crippen molar-refractivity contribution >= 4 is 67.8 Å². The Bertz CT molecular complexity index is 2150. The van der Waals surface area contributed by atoms with Crippen LogP contribution in [0.15, 0.2) is 54.6 Å². The second-order valence-corrected chi connectivity index (χ2v) is 17.6. The molecule has 3 heterocycles. The molecule has 20 nitrogen and oxygen atoms in total. The number of nitrogens with zero attached hydrogens (tertiary/aromatic N) is 4. The number of fused-ring (bicyclic) bond motifs is 3. The molecular formula is C47H70BrN6NaO14. The number of amides is 3. The maximum absolute atomic E-state index is 12.6. The van der Waals surface area contributed by atoms with E-state index >= 15 is 0 Å². The summed E-state index contributed by atoms with van der Waals surface area (Å²) in [4.78, 5) is 60.7. The van der Waals surface area contributed by atoms with Crippen molar-refractivity contribution < 1.29 is 88.7 Å². The summed E-state index contributed by atoms with van der Waals surface area (Å²) in [6, 6.07) is 14.6. The zero-order chi connectivity index (χ0) is 51.2. The summed E-state index contributed by atoms with van der Waals surface area (Å²) in [6.07, 6.45) is 0. The van der Waals surface area contributed by atoms with Gasteiger partial charge in [0.1, 0.15) is 0 Å². The molecule has 3 aromatic carbocycles. The van der Waals surface area contributed by atoms with Crippen LogP contribution in [0.1, 0.15) is 66.6 Å². The zero-order valence-corrected chi connectivity index (χ0v) is 45.5. The van der Waals surface area contributed by atoms with Crippen molar-refractivity contribution in [2.24, 2.45) is 0 Å². The molecule has 0 saturated heterocycles. The minimum atomic E-state index is -0.770. The number of anilines is 4. The summed E-state index contributed by atoms with van der Waals surface area (Å²) in [5.74, 6) is -0.107. The van der Waals surface area contributed by atoms with E-state index in [2.05, 4.69) is 21.2 Å². The summed E-state index contributed by atoms with van der Waals surface area (Å²) >= 11 is 3.24. The number of aliphatic hydroxyl groups excluding tert-OH is 1. The molecule has 0 fully saturated rings. The van der Waals surface area contributed by atoms with Gasteiger partial charge in [0.25, 0.3) is 11.4 Å².